The van der Waals surface area contributed by atoms with Crippen molar-refractivity contribution in [1.29, 1.82) is 0 Å². The Hall–Kier alpha value is -0.370. The molecule has 3 heterocycles. The molecule has 25 heavy (non-hydrogen) atoms. The highest BCUT2D eigenvalue weighted by atomic mass is 35.5. The summed E-state index contributed by atoms with van der Waals surface area (Å²) in [5.74, 6) is 0.767. The summed E-state index contributed by atoms with van der Waals surface area (Å²) in [5.41, 5.74) is 0. The van der Waals surface area contributed by atoms with Crippen LogP contribution >= 0.6 is 36.2 Å². The summed E-state index contributed by atoms with van der Waals surface area (Å²) in [5, 5.41) is 8.57. The number of nitrogens with one attached hydrogen (secondary N) is 2. The third-order valence-electron chi connectivity index (χ3n) is 4.68. The van der Waals surface area contributed by atoms with E-state index in [1.807, 2.05) is 11.3 Å². The molecule has 2 aliphatic heterocycles. The minimum Gasteiger partial charge on any atom is -0.378 e. The van der Waals surface area contributed by atoms with Crippen LogP contribution in [-0.2, 0) is 16.1 Å². The summed E-state index contributed by atoms with van der Waals surface area (Å²) >= 11 is 1.83. The Morgan fingerprint density at radius 2 is 2.16 bits per heavy atom. The van der Waals surface area contributed by atoms with Crippen LogP contribution in [0.5, 0.6) is 0 Å². The minimum atomic E-state index is 0. The smallest absolute Gasteiger partial charge is 0.221 e. The van der Waals surface area contributed by atoms with Crippen molar-refractivity contribution in [3.05, 3.63) is 22.4 Å². The van der Waals surface area contributed by atoms with E-state index in [-0.39, 0.29) is 36.8 Å². The fourth-order valence-electron chi connectivity index (χ4n) is 3.28. The molecular formula is C17H29Cl2N3O2S. The topological polar surface area (TPSA) is 53.6 Å². The molecule has 8 heteroatoms. The number of piperidine rings is 1. The van der Waals surface area contributed by atoms with Crippen molar-refractivity contribution in [2.75, 3.05) is 39.4 Å². The zero-order valence-electron chi connectivity index (χ0n) is 14.4. The molecule has 1 aromatic rings. The number of morpholine rings is 1. The molecule has 144 valence electrons. The van der Waals surface area contributed by atoms with Gasteiger partial charge in [0.05, 0.1) is 13.2 Å². The second kappa shape index (κ2) is 12.1. The van der Waals surface area contributed by atoms with Crippen LogP contribution in [0.3, 0.4) is 0 Å². The van der Waals surface area contributed by atoms with Crippen LogP contribution in [0.2, 0.25) is 0 Å². The molecule has 0 spiro atoms. The van der Waals surface area contributed by atoms with Crippen molar-refractivity contribution < 1.29 is 9.53 Å². The number of thiophene rings is 1. The fraction of sp³-hybridized carbons (Fsp3) is 0.706. The molecule has 0 saturated carbocycles. The van der Waals surface area contributed by atoms with Crippen LogP contribution in [-0.4, -0.2) is 56.2 Å². The van der Waals surface area contributed by atoms with E-state index in [4.69, 9.17) is 4.74 Å². The second-order valence-electron chi connectivity index (χ2n) is 6.53. The van der Waals surface area contributed by atoms with Gasteiger partial charge >= 0.3 is 0 Å². The fourth-order valence-corrected chi connectivity index (χ4v) is 4.02. The highest BCUT2D eigenvalue weighted by molar-refractivity contribution is 7.09. The molecule has 0 bridgehead atoms. The van der Waals surface area contributed by atoms with E-state index in [9.17, 15) is 4.79 Å². The number of nitrogens with zero attached hydrogens (tertiary/aromatic N) is 1. The number of rotatable bonds is 6. The van der Waals surface area contributed by atoms with E-state index in [1.165, 1.54) is 17.7 Å². The van der Waals surface area contributed by atoms with Crippen molar-refractivity contribution in [1.82, 2.24) is 15.5 Å². The number of carbonyl (C=O) groups excluding carboxylic acids is 1. The summed E-state index contributed by atoms with van der Waals surface area (Å²) in [6, 6.07) is 4.51. The zero-order chi connectivity index (χ0) is 15.9. The molecule has 2 aliphatic rings. The van der Waals surface area contributed by atoms with Crippen LogP contribution in [0.25, 0.3) is 0 Å². The van der Waals surface area contributed by atoms with Gasteiger partial charge in [0.25, 0.3) is 0 Å². The van der Waals surface area contributed by atoms with Crippen LogP contribution in [0.1, 0.15) is 24.1 Å². The molecule has 1 atom stereocenters. The third-order valence-corrected chi connectivity index (χ3v) is 5.55. The van der Waals surface area contributed by atoms with Gasteiger partial charge in [-0.3, -0.25) is 9.69 Å². The first-order valence-corrected chi connectivity index (χ1v) is 9.50. The monoisotopic (exact) mass is 409 g/mol. The number of halogens is 2. The van der Waals surface area contributed by atoms with Crippen molar-refractivity contribution in [3.8, 4) is 0 Å². The highest BCUT2D eigenvalue weighted by Gasteiger charge is 2.21. The van der Waals surface area contributed by atoms with Crippen LogP contribution in [0.4, 0.5) is 0 Å². The lowest BCUT2D eigenvalue weighted by Gasteiger charge is -2.31. The molecule has 2 N–H and O–H groups in total. The van der Waals surface area contributed by atoms with E-state index < -0.39 is 0 Å². The second-order valence-corrected chi connectivity index (χ2v) is 7.57. The highest BCUT2D eigenvalue weighted by Crippen LogP contribution is 2.20. The lowest BCUT2D eigenvalue weighted by atomic mass is 9.96. The molecule has 2 saturated heterocycles. The van der Waals surface area contributed by atoms with E-state index in [0.717, 1.165) is 39.3 Å². The van der Waals surface area contributed by atoms with Gasteiger partial charge in [0.2, 0.25) is 5.91 Å². The summed E-state index contributed by atoms with van der Waals surface area (Å²) in [4.78, 5) is 16.0. The number of hydrogen-bond donors (Lipinski definition) is 2. The van der Waals surface area contributed by atoms with Gasteiger partial charge in [-0.25, -0.2) is 0 Å². The summed E-state index contributed by atoms with van der Waals surface area (Å²) in [7, 11) is 0. The van der Waals surface area contributed by atoms with Gasteiger partial charge in [-0.15, -0.1) is 36.2 Å². The zero-order valence-corrected chi connectivity index (χ0v) is 16.9. The SMILES string of the molecule is Cl.Cl.O=C(CC1COCCN1)NCC1CCN(Cc2cccs2)CC1. The molecular weight excluding hydrogens is 381 g/mol. The Morgan fingerprint density at radius 1 is 1.36 bits per heavy atom. The summed E-state index contributed by atoms with van der Waals surface area (Å²) in [6.45, 7) is 6.41. The molecule has 1 aromatic heterocycles. The first kappa shape index (κ1) is 22.7. The first-order chi connectivity index (χ1) is 11.3. The summed E-state index contributed by atoms with van der Waals surface area (Å²) < 4.78 is 5.39. The third kappa shape index (κ3) is 7.81. The van der Waals surface area contributed by atoms with Gasteiger partial charge in [0.15, 0.2) is 0 Å². The average Bonchev–Trinajstić information content (AvgIpc) is 3.08. The largest absolute Gasteiger partial charge is 0.378 e. The predicted molar refractivity (Wildman–Crippen MR) is 107 cm³/mol. The lowest BCUT2D eigenvalue weighted by molar-refractivity contribution is -0.122. The van der Waals surface area contributed by atoms with Crippen molar-refractivity contribution in [2.45, 2.75) is 31.8 Å². The Bertz CT molecular complexity index is 476. The summed E-state index contributed by atoms with van der Waals surface area (Å²) in [6.07, 6.45) is 2.88. The average molecular weight is 410 g/mol. The van der Waals surface area contributed by atoms with Gasteiger partial charge in [0.1, 0.15) is 0 Å². The molecule has 3 rings (SSSR count). The maximum absolute atomic E-state index is 12.0. The number of amides is 1. The molecule has 1 amide bonds. The molecule has 5 nitrogen and oxygen atoms in total. The van der Waals surface area contributed by atoms with Crippen LogP contribution < -0.4 is 10.6 Å². The maximum Gasteiger partial charge on any atom is 0.221 e. The van der Waals surface area contributed by atoms with E-state index >= 15 is 0 Å². The van der Waals surface area contributed by atoms with Gasteiger partial charge in [-0.05, 0) is 43.3 Å². The van der Waals surface area contributed by atoms with Crippen molar-refractivity contribution in [2.24, 2.45) is 5.92 Å². The van der Waals surface area contributed by atoms with Gasteiger partial charge < -0.3 is 15.4 Å². The van der Waals surface area contributed by atoms with Crippen molar-refractivity contribution in [3.63, 3.8) is 0 Å². The standard InChI is InChI=1S/C17H27N3O2S.2ClH/c21-17(10-15-13-22-8-5-18-15)19-11-14-3-6-20(7-4-14)12-16-2-1-9-23-16;;/h1-2,9,14-15,18H,3-8,10-13H2,(H,19,21);2*1H. The van der Waals surface area contributed by atoms with E-state index in [0.29, 0.717) is 18.9 Å². The predicted octanol–water partition coefficient (Wildman–Crippen LogP) is 2.30. The van der Waals surface area contributed by atoms with Crippen LogP contribution in [0, 0.1) is 5.92 Å². The normalized spacial score (nSPS) is 21.8. The van der Waals surface area contributed by atoms with Gasteiger partial charge in [0, 0.05) is 37.0 Å². The Labute approximate surface area is 166 Å². The maximum atomic E-state index is 12.0. The quantitative estimate of drug-likeness (QED) is 0.756. The Balaban J connectivity index is 0.00000156. The van der Waals surface area contributed by atoms with E-state index in [1.54, 1.807) is 0 Å². The Morgan fingerprint density at radius 3 is 2.80 bits per heavy atom. The number of hydrogen-bond acceptors (Lipinski definition) is 5. The molecule has 0 aliphatic carbocycles. The Kier molecular flexibility index (Phi) is 11.0. The minimum absolute atomic E-state index is 0. The number of ether oxygens (including phenoxy) is 1. The van der Waals surface area contributed by atoms with Gasteiger partial charge in [-0.2, -0.15) is 0 Å². The van der Waals surface area contributed by atoms with Crippen molar-refractivity contribution >= 4 is 42.1 Å². The molecule has 0 radical (unpaired) electrons. The van der Waals surface area contributed by atoms with E-state index in [2.05, 4.69) is 33.0 Å². The molecule has 0 aromatic carbocycles. The molecule has 1 unspecified atom stereocenters. The number of likely N-dealkylation sites (tertiary alicyclic amines) is 1. The van der Waals surface area contributed by atoms with Gasteiger partial charge in [-0.1, -0.05) is 6.07 Å². The first-order valence-electron chi connectivity index (χ1n) is 8.62. The number of carbonyl (C=O) groups is 1. The molecule has 2 fully saturated rings. The lowest BCUT2D eigenvalue weighted by Crippen LogP contribution is -2.45. The van der Waals surface area contributed by atoms with Crippen LogP contribution in [0.15, 0.2) is 17.5 Å².